The maximum atomic E-state index is 13.0. The zero-order valence-corrected chi connectivity index (χ0v) is 26.2. The molecule has 44 heavy (non-hydrogen) atoms. The maximum Gasteiger partial charge on any atom is 0.251 e. The lowest BCUT2D eigenvalue weighted by Gasteiger charge is -2.26. The minimum atomic E-state index is -3.31. The lowest BCUT2D eigenvalue weighted by atomic mass is 9.99. The predicted molar refractivity (Wildman–Crippen MR) is 171 cm³/mol. The third kappa shape index (κ3) is 8.38. The molecule has 3 aromatic carbocycles. The lowest BCUT2D eigenvalue weighted by Crippen LogP contribution is -2.38. The van der Waals surface area contributed by atoms with E-state index in [0.29, 0.717) is 23.7 Å². The van der Waals surface area contributed by atoms with Crippen molar-refractivity contribution >= 4 is 21.4 Å². The van der Waals surface area contributed by atoms with Crippen molar-refractivity contribution in [1.29, 1.82) is 0 Å². The lowest BCUT2D eigenvalue weighted by molar-refractivity contribution is 0.0322. The van der Waals surface area contributed by atoms with Gasteiger partial charge in [0.05, 0.1) is 36.5 Å². The Morgan fingerprint density at radius 3 is 2.36 bits per heavy atom. The highest BCUT2D eigenvalue weighted by atomic mass is 32.2. The Labute approximate surface area is 260 Å². The Morgan fingerprint density at radius 1 is 1.00 bits per heavy atom. The molecule has 2 aliphatic rings. The van der Waals surface area contributed by atoms with Crippen LogP contribution in [-0.2, 0) is 21.0 Å². The first-order valence-electron chi connectivity index (χ1n) is 15.5. The van der Waals surface area contributed by atoms with Crippen molar-refractivity contribution in [2.45, 2.75) is 30.7 Å². The highest BCUT2D eigenvalue weighted by molar-refractivity contribution is 7.91. The average Bonchev–Trinajstić information content (AvgIpc) is 3.53. The molecule has 2 fully saturated rings. The zero-order valence-electron chi connectivity index (χ0n) is 25.4. The van der Waals surface area contributed by atoms with Gasteiger partial charge in [-0.1, -0.05) is 31.2 Å². The van der Waals surface area contributed by atoms with Gasteiger partial charge in [-0.15, -0.1) is 0 Å². The van der Waals surface area contributed by atoms with Gasteiger partial charge in [-0.3, -0.25) is 9.69 Å². The first kappa shape index (κ1) is 32.0. The number of amides is 1. The van der Waals surface area contributed by atoms with Crippen LogP contribution in [0.25, 0.3) is 0 Å². The SMILES string of the molecule is CCS(=O)(=O)c1ccc([C@H](CO)NC(=O)c2ccc(N3CCC(Cc4ccc(OCCN5CCOCC5)cc4)C3)cc2)cc1. The van der Waals surface area contributed by atoms with Gasteiger partial charge >= 0.3 is 0 Å². The summed E-state index contributed by atoms with van der Waals surface area (Å²) in [7, 11) is -3.31. The van der Waals surface area contributed by atoms with Crippen LogP contribution >= 0.6 is 0 Å². The number of benzene rings is 3. The van der Waals surface area contributed by atoms with Gasteiger partial charge in [-0.25, -0.2) is 8.42 Å². The van der Waals surface area contributed by atoms with Crippen molar-refractivity contribution in [2.75, 3.05) is 69.8 Å². The van der Waals surface area contributed by atoms with Gasteiger partial charge in [-0.2, -0.15) is 0 Å². The summed E-state index contributed by atoms with van der Waals surface area (Å²) < 4.78 is 35.5. The average molecular weight is 622 g/mol. The van der Waals surface area contributed by atoms with Gasteiger partial charge in [0.25, 0.3) is 5.91 Å². The fourth-order valence-electron chi connectivity index (χ4n) is 5.78. The molecule has 2 N–H and O–H groups in total. The molecule has 0 aliphatic carbocycles. The van der Waals surface area contributed by atoms with E-state index in [-0.39, 0.29) is 23.2 Å². The summed E-state index contributed by atoms with van der Waals surface area (Å²) >= 11 is 0. The third-order valence-electron chi connectivity index (χ3n) is 8.52. The van der Waals surface area contributed by atoms with Crippen LogP contribution in [0, 0.1) is 5.92 Å². The van der Waals surface area contributed by atoms with Gasteiger partial charge in [0.1, 0.15) is 12.4 Å². The van der Waals surface area contributed by atoms with Crippen LogP contribution in [0.2, 0.25) is 0 Å². The quantitative estimate of drug-likeness (QED) is 0.298. The number of carbonyl (C=O) groups is 1. The number of aliphatic hydroxyl groups excluding tert-OH is 1. The van der Waals surface area contributed by atoms with Gasteiger partial charge < -0.3 is 24.8 Å². The topological polar surface area (TPSA) is 108 Å². The van der Waals surface area contributed by atoms with E-state index < -0.39 is 15.9 Å². The van der Waals surface area contributed by atoms with E-state index in [1.165, 1.54) is 17.7 Å². The molecule has 0 spiro atoms. The Bertz CT molecular complexity index is 1460. The van der Waals surface area contributed by atoms with Crippen LogP contribution in [0.3, 0.4) is 0 Å². The number of ether oxygens (including phenoxy) is 2. The van der Waals surface area contributed by atoms with E-state index >= 15 is 0 Å². The summed E-state index contributed by atoms with van der Waals surface area (Å²) in [6.07, 6.45) is 2.12. The smallest absolute Gasteiger partial charge is 0.251 e. The molecule has 1 unspecified atom stereocenters. The molecule has 2 atom stereocenters. The fraction of sp³-hybridized carbons (Fsp3) is 0.441. The number of anilines is 1. The molecule has 0 aromatic heterocycles. The summed E-state index contributed by atoms with van der Waals surface area (Å²) in [5.41, 5.74) is 3.53. The van der Waals surface area contributed by atoms with Crippen molar-refractivity contribution in [3.05, 3.63) is 89.5 Å². The van der Waals surface area contributed by atoms with Crippen LogP contribution in [0.5, 0.6) is 5.75 Å². The minimum Gasteiger partial charge on any atom is -0.492 e. The molecule has 2 aliphatic heterocycles. The highest BCUT2D eigenvalue weighted by Gasteiger charge is 2.24. The Hall–Kier alpha value is -3.44. The molecule has 9 nitrogen and oxygen atoms in total. The number of hydrogen-bond donors (Lipinski definition) is 2. The molecule has 5 rings (SSSR count). The normalized spacial score (nSPS) is 18.2. The summed E-state index contributed by atoms with van der Waals surface area (Å²) in [6, 6.07) is 21.7. The van der Waals surface area contributed by atoms with E-state index in [0.717, 1.165) is 70.2 Å². The standard InChI is InChI=1S/C34H43N3O6S/c1-2-44(40,41)32-13-7-28(8-14-32)33(25-38)35-34(39)29-5-9-30(10-6-29)37-16-15-27(24-37)23-26-3-11-31(12-4-26)43-22-19-36-17-20-42-21-18-36/h3-14,27,33,38H,2,15-25H2,1H3,(H,35,39)/t27?,33-/m0/s1. The number of nitrogens with one attached hydrogen (secondary N) is 1. The second kappa shape index (κ2) is 15.0. The third-order valence-corrected chi connectivity index (χ3v) is 10.3. The second-order valence-corrected chi connectivity index (χ2v) is 13.8. The first-order chi connectivity index (χ1) is 21.3. The molecule has 1 amide bonds. The Morgan fingerprint density at radius 2 is 1.70 bits per heavy atom. The number of sulfone groups is 1. The molecule has 2 saturated heterocycles. The number of nitrogens with zero attached hydrogens (tertiary/aromatic N) is 2. The molecule has 0 saturated carbocycles. The first-order valence-corrected chi connectivity index (χ1v) is 17.1. The highest BCUT2D eigenvalue weighted by Crippen LogP contribution is 2.27. The molecular formula is C34H43N3O6S. The van der Waals surface area contributed by atoms with E-state index in [9.17, 15) is 18.3 Å². The number of carbonyl (C=O) groups excluding carboxylic acids is 1. The monoisotopic (exact) mass is 621 g/mol. The minimum absolute atomic E-state index is 0.0147. The van der Waals surface area contributed by atoms with E-state index in [1.54, 1.807) is 31.2 Å². The van der Waals surface area contributed by atoms with Gasteiger partial charge in [0.2, 0.25) is 0 Å². The molecule has 10 heteroatoms. The number of rotatable bonds is 13. The van der Waals surface area contributed by atoms with Crippen molar-refractivity contribution < 1.29 is 27.8 Å². The molecular weight excluding hydrogens is 578 g/mol. The van der Waals surface area contributed by atoms with Gasteiger partial charge in [-0.05, 0) is 78.4 Å². The van der Waals surface area contributed by atoms with E-state index in [1.807, 2.05) is 12.1 Å². The zero-order chi connectivity index (χ0) is 30.9. The van der Waals surface area contributed by atoms with Crippen LogP contribution < -0.4 is 15.0 Å². The van der Waals surface area contributed by atoms with Crippen LogP contribution in [0.1, 0.15) is 40.9 Å². The molecule has 0 radical (unpaired) electrons. The number of hydrogen-bond acceptors (Lipinski definition) is 8. The summed E-state index contributed by atoms with van der Waals surface area (Å²) in [5, 5.41) is 12.8. The van der Waals surface area contributed by atoms with E-state index in [2.05, 4.69) is 39.4 Å². The van der Waals surface area contributed by atoms with Crippen molar-refractivity contribution in [2.24, 2.45) is 5.92 Å². The largest absolute Gasteiger partial charge is 0.492 e. The number of morpholine rings is 1. The summed E-state index contributed by atoms with van der Waals surface area (Å²) in [6.45, 7) is 8.36. The van der Waals surface area contributed by atoms with Gasteiger partial charge in [0.15, 0.2) is 9.84 Å². The molecule has 2 heterocycles. The Kier molecular flexibility index (Phi) is 10.9. The van der Waals surface area contributed by atoms with Crippen LogP contribution in [0.4, 0.5) is 5.69 Å². The van der Waals surface area contributed by atoms with Crippen molar-refractivity contribution in [3.63, 3.8) is 0 Å². The summed E-state index contributed by atoms with van der Waals surface area (Å²) in [5.74, 6) is 1.18. The van der Waals surface area contributed by atoms with Crippen LogP contribution in [0.15, 0.2) is 77.7 Å². The fourth-order valence-corrected chi connectivity index (χ4v) is 6.66. The van der Waals surface area contributed by atoms with Crippen LogP contribution in [-0.4, -0.2) is 89.2 Å². The predicted octanol–water partition coefficient (Wildman–Crippen LogP) is 3.72. The van der Waals surface area contributed by atoms with E-state index in [4.69, 9.17) is 9.47 Å². The van der Waals surface area contributed by atoms with Crippen molar-refractivity contribution in [1.82, 2.24) is 10.2 Å². The molecule has 236 valence electrons. The number of aliphatic hydroxyl groups is 1. The van der Waals surface area contributed by atoms with Gasteiger partial charge in [0, 0.05) is 44.0 Å². The second-order valence-electron chi connectivity index (χ2n) is 11.5. The summed E-state index contributed by atoms with van der Waals surface area (Å²) in [4.78, 5) is 17.9. The maximum absolute atomic E-state index is 13.0. The molecule has 3 aromatic rings. The van der Waals surface area contributed by atoms with Crippen molar-refractivity contribution in [3.8, 4) is 5.75 Å². The Balaban J connectivity index is 1.08. The molecule has 0 bridgehead atoms.